The predicted octanol–water partition coefficient (Wildman–Crippen LogP) is 9.92. The molecule has 3 fully saturated rings. The van der Waals surface area contributed by atoms with E-state index in [1.165, 1.54) is 51.4 Å². The van der Waals surface area contributed by atoms with Crippen LogP contribution in [-0.2, 0) is 4.74 Å². The maximum atomic E-state index is 12.5. The largest absolute Gasteiger partial charge is 0.514 e. The van der Waals surface area contributed by atoms with Crippen LogP contribution in [0.4, 0.5) is 4.79 Å². The Labute approximate surface area is 232 Å². The van der Waals surface area contributed by atoms with Crippen molar-refractivity contribution in [2.45, 2.75) is 118 Å². The van der Waals surface area contributed by atoms with Crippen LogP contribution in [0.2, 0.25) is 0 Å². The molecule has 3 saturated carbocycles. The lowest BCUT2D eigenvalue weighted by atomic mass is 9.47. The predicted molar refractivity (Wildman–Crippen MR) is 155 cm³/mol. The normalized spacial score (nSPS) is 37.0. The summed E-state index contributed by atoms with van der Waals surface area (Å²) in [4.78, 5) is 12.5. The minimum absolute atomic E-state index is 0.0698. The van der Waals surface area contributed by atoms with Gasteiger partial charge in [0.2, 0.25) is 0 Å². The Hall–Kier alpha value is -1.77. The fourth-order valence-electron chi connectivity index (χ4n) is 9.69. The maximum Gasteiger partial charge on any atom is 0.514 e. The van der Waals surface area contributed by atoms with Crippen LogP contribution >= 0.6 is 0 Å². The van der Waals surface area contributed by atoms with E-state index >= 15 is 0 Å². The van der Waals surface area contributed by atoms with Crippen LogP contribution in [0.15, 0.2) is 35.9 Å². The molecule has 3 nitrogen and oxygen atoms in total. The number of aryl methyl sites for hydroxylation is 1. The van der Waals surface area contributed by atoms with Crippen LogP contribution in [-0.4, -0.2) is 12.3 Å². The van der Waals surface area contributed by atoms with E-state index in [2.05, 4.69) is 40.7 Å². The van der Waals surface area contributed by atoms with Crippen LogP contribution in [0, 0.1) is 53.3 Å². The Kier molecular flexibility index (Phi) is 8.05. The van der Waals surface area contributed by atoms with E-state index in [-0.39, 0.29) is 11.5 Å². The average Bonchev–Trinajstić information content (AvgIpc) is 3.21. The molecule has 4 aliphatic carbocycles. The van der Waals surface area contributed by atoms with E-state index in [4.69, 9.17) is 9.47 Å². The number of hydrogen-bond acceptors (Lipinski definition) is 3. The van der Waals surface area contributed by atoms with Crippen molar-refractivity contribution in [2.24, 2.45) is 46.3 Å². The fourth-order valence-corrected chi connectivity index (χ4v) is 9.69. The molecule has 0 amide bonds. The SMILES string of the molecule is Cc1cccc(OC(=O)OC2CCC3(C)C(=CCC4C3CCC3(C)C(C(C)CCCC(C)C)CCC43)C2)c1. The molecule has 4 aliphatic rings. The molecule has 0 aromatic heterocycles. The van der Waals surface area contributed by atoms with E-state index in [1.807, 2.05) is 31.2 Å². The molecule has 1 aromatic rings. The summed E-state index contributed by atoms with van der Waals surface area (Å²) in [5, 5.41) is 0. The standard InChI is InChI=1S/C35H52O3/c1-23(2)9-7-11-25(4)30-15-16-31-29-14-13-26-22-28(38-33(36)37-27-12-8-10-24(3)21-27)17-19-34(26,5)32(29)18-20-35(30,31)6/h8,10,12-13,21,23,25,28-32H,7,9,11,14-20,22H2,1-6H3. The van der Waals surface area contributed by atoms with Crippen molar-refractivity contribution in [2.75, 3.05) is 0 Å². The third-order valence-electron chi connectivity index (χ3n) is 11.7. The molecule has 3 heteroatoms. The van der Waals surface area contributed by atoms with Crippen molar-refractivity contribution >= 4 is 6.16 Å². The zero-order chi connectivity index (χ0) is 27.1. The molecule has 0 N–H and O–H groups in total. The van der Waals surface area contributed by atoms with E-state index in [0.717, 1.165) is 60.3 Å². The van der Waals surface area contributed by atoms with Gasteiger partial charge in [-0.1, -0.05) is 77.7 Å². The lowest BCUT2D eigenvalue weighted by Gasteiger charge is -2.58. The summed E-state index contributed by atoms with van der Waals surface area (Å²) in [5.41, 5.74) is 3.42. The second kappa shape index (κ2) is 11.0. The van der Waals surface area contributed by atoms with Crippen molar-refractivity contribution in [3.8, 4) is 5.75 Å². The third-order valence-corrected chi connectivity index (χ3v) is 11.7. The fraction of sp³-hybridized carbons (Fsp3) is 0.743. The molecule has 38 heavy (non-hydrogen) atoms. The summed E-state index contributed by atoms with van der Waals surface area (Å²) in [6.45, 7) is 14.5. The summed E-state index contributed by atoms with van der Waals surface area (Å²) in [7, 11) is 0. The van der Waals surface area contributed by atoms with Crippen LogP contribution < -0.4 is 4.74 Å². The molecule has 0 radical (unpaired) electrons. The molecule has 8 unspecified atom stereocenters. The van der Waals surface area contributed by atoms with Gasteiger partial charge in [-0.15, -0.1) is 0 Å². The highest BCUT2D eigenvalue weighted by atomic mass is 16.7. The molecule has 0 bridgehead atoms. The van der Waals surface area contributed by atoms with Crippen LogP contribution in [0.1, 0.15) is 111 Å². The zero-order valence-electron chi connectivity index (χ0n) is 24.9. The smallest absolute Gasteiger partial charge is 0.430 e. The van der Waals surface area contributed by atoms with Crippen molar-refractivity contribution in [3.05, 3.63) is 41.5 Å². The highest BCUT2D eigenvalue weighted by molar-refractivity contribution is 5.64. The molecule has 8 atom stereocenters. The van der Waals surface area contributed by atoms with Gasteiger partial charge in [0.1, 0.15) is 11.9 Å². The average molecular weight is 521 g/mol. The molecule has 0 spiro atoms. The number of rotatable bonds is 7. The van der Waals surface area contributed by atoms with Crippen molar-refractivity contribution in [1.82, 2.24) is 0 Å². The minimum Gasteiger partial charge on any atom is -0.430 e. The van der Waals surface area contributed by atoms with Gasteiger partial charge in [0, 0.05) is 6.42 Å². The number of allylic oxidation sites excluding steroid dienone is 1. The van der Waals surface area contributed by atoms with Crippen LogP contribution in [0.3, 0.4) is 0 Å². The Balaban J connectivity index is 1.22. The minimum atomic E-state index is -0.563. The van der Waals surface area contributed by atoms with Crippen LogP contribution in [0.5, 0.6) is 5.75 Å². The second-order valence-corrected chi connectivity index (χ2v) is 14.4. The van der Waals surface area contributed by atoms with E-state index in [9.17, 15) is 4.79 Å². The van der Waals surface area contributed by atoms with Crippen molar-refractivity contribution in [1.29, 1.82) is 0 Å². The lowest BCUT2D eigenvalue weighted by Crippen LogP contribution is -2.51. The molecule has 5 rings (SSSR count). The van der Waals surface area contributed by atoms with Gasteiger partial charge in [-0.05, 0) is 116 Å². The van der Waals surface area contributed by atoms with Crippen molar-refractivity contribution < 1.29 is 14.3 Å². The van der Waals surface area contributed by atoms with Gasteiger partial charge in [0.15, 0.2) is 0 Å². The topological polar surface area (TPSA) is 35.5 Å². The first-order valence-corrected chi connectivity index (χ1v) is 15.7. The summed E-state index contributed by atoms with van der Waals surface area (Å²) < 4.78 is 11.3. The van der Waals surface area contributed by atoms with Crippen LogP contribution in [0.25, 0.3) is 0 Å². The zero-order valence-corrected chi connectivity index (χ0v) is 24.9. The summed E-state index contributed by atoms with van der Waals surface area (Å²) in [6, 6.07) is 7.59. The first-order chi connectivity index (χ1) is 18.1. The first kappa shape index (κ1) is 27.8. The van der Waals surface area contributed by atoms with E-state index < -0.39 is 6.16 Å². The number of hydrogen-bond donors (Lipinski definition) is 0. The molecule has 0 heterocycles. The quantitative estimate of drug-likeness (QED) is 0.204. The number of carbonyl (C=O) groups excluding carboxylic acids is 1. The highest BCUT2D eigenvalue weighted by Gasteiger charge is 2.59. The maximum absolute atomic E-state index is 12.5. The van der Waals surface area contributed by atoms with Crippen molar-refractivity contribution in [3.63, 3.8) is 0 Å². The summed E-state index contributed by atoms with van der Waals surface area (Å²) in [5.74, 6) is 5.65. The summed E-state index contributed by atoms with van der Waals surface area (Å²) in [6.07, 6.45) is 16.0. The number of carbonyl (C=O) groups is 1. The second-order valence-electron chi connectivity index (χ2n) is 14.4. The molecular formula is C35H52O3. The Morgan fingerprint density at radius 2 is 1.84 bits per heavy atom. The number of fused-ring (bicyclic) bond motifs is 5. The number of benzene rings is 1. The Morgan fingerprint density at radius 3 is 2.61 bits per heavy atom. The summed E-state index contributed by atoms with van der Waals surface area (Å²) >= 11 is 0. The molecule has 1 aromatic carbocycles. The Morgan fingerprint density at radius 1 is 1.03 bits per heavy atom. The molecular weight excluding hydrogens is 468 g/mol. The van der Waals surface area contributed by atoms with Gasteiger partial charge in [0.05, 0.1) is 0 Å². The van der Waals surface area contributed by atoms with Gasteiger partial charge in [-0.25, -0.2) is 4.79 Å². The first-order valence-electron chi connectivity index (χ1n) is 15.7. The van der Waals surface area contributed by atoms with Gasteiger partial charge in [-0.2, -0.15) is 0 Å². The lowest BCUT2D eigenvalue weighted by molar-refractivity contribution is -0.0597. The Bertz CT molecular complexity index is 1030. The molecule has 0 aliphatic heterocycles. The third kappa shape index (κ3) is 5.33. The molecule has 0 saturated heterocycles. The van der Waals surface area contributed by atoms with Gasteiger partial charge < -0.3 is 9.47 Å². The van der Waals surface area contributed by atoms with E-state index in [0.29, 0.717) is 11.2 Å². The van der Waals surface area contributed by atoms with Gasteiger partial charge in [-0.3, -0.25) is 0 Å². The number of ether oxygens (including phenoxy) is 2. The van der Waals surface area contributed by atoms with Gasteiger partial charge in [0.25, 0.3) is 0 Å². The van der Waals surface area contributed by atoms with Gasteiger partial charge >= 0.3 is 6.16 Å². The molecule has 210 valence electrons. The van der Waals surface area contributed by atoms with E-state index in [1.54, 1.807) is 5.57 Å². The highest BCUT2D eigenvalue weighted by Crippen LogP contribution is 2.67. The monoisotopic (exact) mass is 520 g/mol.